The first kappa shape index (κ1) is 21.2. The van der Waals surface area contributed by atoms with Crippen LogP contribution in [0.5, 0.6) is 0 Å². The van der Waals surface area contributed by atoms with Gasteiger partial charge in [-0.05, 0) is 41.1 Å². The largest absolute Gasteiger partial charge is 0.418 e. The van der Waals surface area contributed by atoms with E-state index in [9.17, 15) is 18.0 Å². The Bertz CT molecular complexity index is 902. The summed E-state index contributed by atoms with van der Waals surface area (Å²) < 4.78 is 40.7. The van der Waals surface area contributed by atoms with Crippen LogP contribution in [0.3, 0.4) is 0 Å². The SMILES string of the molecule is CN(C)c1ccc(NC(=O)N(Cc2cccs2)Cc2cccs2)c(C(F)(F)F)c1. The molecule has 9 heteroatoms. The quantitative estimate of drug-likeness (QED) is 0.502. The molecule has 0 aliphatic rings. The molecule has 3 rings (SSSR count). The Hall–Kier alpha value is -2.52. The molecule has 1 N–H and O–H groups in total. The number of anilines is 2. The molecule has 0 spiro atoms. The molecule has 0 bridgehead atoms. The average molecular weight is 440 g/mol. The summed E-state index contributed by atoms with van der Waals surface area (Å²) in [6, 6.07) is 10.9. The van der Waals surface area contributed by atoms with Crippen molar-refractivity contribution in [1.82, 2.24) is 4.90 Å². The molecule has 0 saturated heterocycles. The second-order valence-corrected chi connectivity index (χ2v) is 8.63. The second-order valence-electron chi connectivity index (χ2n) is 6.57. The van der Waals surface area contributed by atoms with Gasteiger partial charge in [0.15, 0.2) is 0 Å². The van der Waals surface area contributed by atoms with Crippen LogP contribution in [-0.2, 0) is 19.3 Å². The number of alkyl halides is 3. The highest BCUT2D eigenvalue weighted by molar-refractivity contribution is 7.10. The molecular formula is C20H20F3N3OS2. The van der Waals surface area contributed by atoms with Crippen LogP contribution in [0.15, 0.2) is 53.2 Å². The van der Waals surface area contributed by atoms with Gasteiger partial charge in [0.25, 0.3) is 0 Å². The number of rotatable bonds is 6. The number of halogens is 3. The van der Waals surface area contributed by atoms with Crippen molar-refractivity contribution in [2.24, 2.45) is 0 Å². The first-order valence-electron chi connectivity index (χ1n) is 8.73. The van der Waals surface area contributed by atoms with Gasteiger partial charge >= 0.3 is 12.2 Å². The maximum atomic E-state index is 13.6. The van der Waals surface area contributed by atoms with Crippen molar-refractivity contribution in [1.29, 1.82) is 0 Å². The number of nitrogens with one attached hydrogen (secondary N) is 1. The van der Waals surface area contributed by atoms with Crippen LogP contribution in [0.25, 0.3) is 0 Å². The van der Waals surface area contributed by atoms with Crippen molar-refractivity contribution in [2.45, 2.75) is 19.3 Å². The molecule has 0 fully saturated rings. The van der Waals surface area contributed by atoms with Gasteiger partial charge in [-0.3, -0.25) is 0 Å². The van der Waals surface area contributed by atoms with Crippen LogP contribution in [0.4, 0.5) is 29.3 Å². The van der Waals surface area contributed by atoms with Crippen LogP contribution in [-0.4, -0.2) is 25.0 Å². The molecule has 2 aromatic heterocycles. The highest BCUT2D eigenvalue weighted by Gasteiger charge is 2.35. The van der Waals surface area contributed by atoms with E-state index in [1.165, 1.54) is 33.6 Å². The third-order valence-corrected chi connectivity index (χ3v) is 5.93. The summed E-state index contributed by atoms with van der Waals surface area (Å²) in [6.45, 7) is 0.636. The topological polar surface area (TPSA) is 35.6 Å². The summed E-state index contributed by atoms with van der Waals surface area (Å²) in [5.41, 5.74) is -0.718. The Labute approximate surface area is 175 Å². The zero-order valence-electron chi connectivity index (χ0n) is 15.9. The molecule has 0 aliphatic carbocycles. The minimum absolute atomic E-state index is 0.254. The van der Waals surface area contributed by atoms with E-state index in [1.54, 1.807) is 25.1 Å². The maximum absolute atomic E-state index is 13.6. The third kappa shape index (κ3) is 5.51. The minimum atomic E-state index is -4.58. The standard InChI is InChI=1S/C20H20F3N3OS2/c1-25(2)14-7-8-18(17(11-14)20(21,22)23)24-19(27)26(12-15-5-3-9-28-15)13-16-6-4-10-29-16/h3-11H,12-13H2,1-2H3,(H,24,27). The number of thiophene rings is 2. The molecular weight excluding hydrogens is 419 g/mol. The van der Waals surface area contributed by atoms with E-state index in [0.717, 1.165) is 15.8 Å². The van der Waals surface area contributed by atoms with Crippen LogP contribution >= 0.6 is 22.7 Å². The number of nitrogens with zero attached hydrogens (tertiary/aromatic N) is 2. The summed E-state index contributed by atoms with van der Waals surface area (Å²) in [5, 5.41) is 6.27. The van der Waals surface area contributed by atoms with Gasteiger partial charge in [-0.25, -0.2) is 4.79 Å². The van der Waals surface area contributed by atoms with Gasteiger partial charge in [0.1, 0.15) is 0 Å². The molecule has 29 heavy (non-hydrogen) atoms. The molecule has 0 unspecified atom stereocenters. The van der Waals surface area contributed by atoms with Crippen LogP contribution in [0.1, 0.15) is 15.3 Å². The fraction of sp³-hybridized carbons (Fsp3) is 0.250. The van der Waals surface area contributed by atoms with Gasteiger partial charge in [-0.1, -0.05) is 12.1 Å². The molecule has 0 atom stereocenters. The Morgan fingerprint density at radius 3 is 2.03 bits per heavy atom. The maximum Gasteiger partial charge on any atom is 0.418 e. The molecule has 2 amide bonds. The predicted molar refractivity (Wildman–Crippen MR) is 113 cm³/mol. The number of urea groups is 1. The fourth-order valence-electron chi connectivity index (χ4n) is 2.73. The van der Waals surface area contributed by atoms with Crippen molar-refractivity contribution < 1.29 is 18.0 Å². The van der Waals surface area contributed by atoms with E-state index >= 15 is 0 Å². The minimum Gasteiger partial charge on any atom is -0.378 e. The van der Waals surface area contributed by atoms with Crippen molar-refractivity contribution >= 4 is 40.1 Å². The van der Waals surface area contributed by atoms with Crippen LogP contribution < -0.4 is 10.2 Å². The van der Waals surface area contributed by atoms with Gasteiger partial charge < -0.3 is 15.1 Å². The highest BCUT2D eigenvalue weighted by atomic mass is 32.1. The third-order valence-electron chi connectivity index (χ3n) is 4.21. The smallest absolute Gasteiger partial charge is 0.378 e. The molecule has 1 aromatic carbocycles. The monoisotopic (exact) mass is 439 g/mol. The van der Waals surface area contributed by atoms with E-state index in [0.29, 0.717) is 18.8 Å². The summed E-state index contributed by atoms with van der Waals surface area (Å²) in [7, 11) is 3.33. The number of hydrogen-bond acceptors (Lipinski definition) is 4. The molecule has 4 nitrogen and oxygen atoms in total. The lowest BCUT2D eigenvalue weighted by molar-refractivity contribution is -0.136. The highest BCUT2D eigenvalue weighted by Crippen LogP contribution is 2.37. The van der Waals surface area contributed by atoms with Gasteiger partial charge in [-0.15, -0.1) is 22.7 Å². The lowest BCUT2D eigenvalue weighted by Gasteiger charge is -2.24. The first-order chi connectivity index (χ1) is 13.7. The van der Waals surface area contributed by atoms with Crippen molar-refractivity contribution in [3.8, 4) is 0 Å². The summed E-state index contributed by atoms with van der Waals surface area (Å²) in [6.07, 6.45) is -4.58. The van der Waals surface area contributed by atoms with E-state index in [4.69, 9.17) is 0 Å². The Morgan fingerprint density at radius 2 is 1.59 bits per heavy atom. The Kier molecular flexibility index (Phi) is 6.49. The molecule has 0 aliphatic heterocycles. The summed E-state index contributed by atoms with van der Waals surface area (Å²) in [5.74, 6) is 0. The van der Waals surface area contributed by atoms with E-state index in [1.807, 2.05) is 35.0 Å². The lowest BCUT2D eigenvalue weighted by Crippen LogP contribution is -2.34. The molecule has 3 aromatic rings. The van der Waals surface area contributed by atoms with Gasteiger partial charge in [0, 0.05) is 29.5 Å². The summed E-state index contributed by atoms with van der Waals surface area (Å²) in [4.78, 5) is 17.9. The van der Waals surface area contributed by atoms with Crippen molar-refractivity contribution in [3.05, 3.63) is 68.5 Å². The second kappa shape index (κ2) is 8.87. The van der Waals surface area contributed by atoms with E-state index in [2.05, 4.69) is 5.32 Å². The first-order valence-corrected chi connectivity index (χ1v) is 10.5. The lowest BCUT2D eigenvalue weighted by atomic mass is 10.1. The van der Waals surface area contributed by atoms with Crippen molar-refractivity contribution in [2.75, 3.05) is 24.3 Å². The molecule has 2 heterocycles. The van der Waals surface area contributed by atoms with Gasteiger partial charge in [0.2, 0.25) is 0 Å². The van der Waals surface area contributed by atoms with Crippen LogP contribution in [0.2, 0.25) is 0 Å². The van der Waals surface area contributed by atoms with E-state index < -0.39 is 17.8 Å². The van der Waals surface area contributed by atoms with E-state index in [-0.39, 0.29) is 5.69 Å². The summed E-state index contributed by atoms with van der Waals surface area (Å²) >= 11 is 2.99. The molecule has 0 saturated carbocycles. The molecule has 0 radical (unpaired) electrons. The number of benzene rings is 1. The fourth-order valence-corrected chi connectivity index (χ4v) is 4.17. The predicted octanol–water partition coefficient (Wildman–Crippen LogP) is 6.13. The van der Waals surface area contributed by atoms with Crippen molar-refractivity contribution in [3.63, 3.8) is 0 Å². The number of amides is 2. The normalized spacial score (nSPS) is 11.3. The number of carbonyl (C=O) groups is 1. The number of carbonyl (C=O) groups excluding carboxylic acids is 1. The zero-order chi connectivity index (χ0) is 21.0. The Balaban J connectivity index is 1.86. The van der Waals surface area contributed by atoms with Crippen LogP contribution in [0, 0.1) is 0 Å². The average Bonchev–Trinajstić information content (AvgIpc) is 3.34. The molecule has 154 valence electrons. The zero-order valence-corrected chi connectivity index (χ0v) is 17.5. The number of hydrogen-bond donors (Lipinski definition) is 1. The van der Waals surface area contributed by atoms with Gasteiger partial charge in [0.05, 0.1) is 24.3 Å². The Morgan fingerprint density at radius 1 is 1.00 bits per heavy atom. The van der Waals surface area contributed by atoms with Gasteiger partial charge in [-0.2, -0.15) is 13.2 Å².